The van der Waals surface area contributed by atoms with Gasteiger partial charge in [-0.15, -0.1) is 12.4 Å². The predicted molar refractivity (Wildman–Crippen MR) is 64.4 cm³/mol. The van der Waals surface area contributed by atoms with Gasteiger partial charge in [-0.05, 0) is 27.9 Å². The van der Waals surface area contributed by atoms with E-state index >= 15 is 0 Å². The van der Waals surface area contributed by atoms with Gasteiger partial charge in [-0.1, -0.05) is 0 Å². The van der Waals surface area contributed by atoms with E-state index in [-0.39, 0.29) is 18.3 Å². The molecule has 0 aromatic heterocycles. The maximum absolute atomic E-state index is 11.7. The minimum absolute atomic E-state index is 0. The Labute approximate surface area is 98.4 Å². The highest BCUT2D eigenvalue weighted by molar-refractivity contribution is 5.85. The molecule has 4 nitrogen and oxygen atoms in total. The van der Waals surface area contributed by atoms with Crippen molar-refractivity contribution in [1.82, 2.24) is 15.1 Å². The van der Waals surface area contributed by atoms with Gasteiger partial charge in [-0.25, -0.2) is 0 Å². The van der Waals surface area contributed by atoms with E-state index in [4.69, 9.17) is 0 Å². The second-order valence-corrected chi connectivity index (χ2v) is 4.21. The van der Waals surface area contributed by atoms with Crippen LogP contribution in [0.2, 0.25) is 0 Å². The average molecular weight is 236 g/mol. The number of rotatable bonds is 2. The van der Waals surface area contributed by atoms with E-state index in [1.54, 1.807) is 0 Å². The summed E-state index contributed by atoms with van der Waals surface area (Å²) in [7, 11) is 3.92. The molecule has 1 fully saturated rings. The van der Waals surface area contributed by atoms with Crippen molar-refractivity contribution in [3.63, 3.8) is 0 Å². The number of piperazine rings is 1. The van der Waals surface area contributed by atoms with Gasteiger partial charge in [0.05, 0.1) is 6.54 Å². The van der Waals surface area contributed by atoms with E-state index in [1.807, 2.05) is 11.9 Å². The Kier molecular flexibility index (Phi) is 6.17. The number of carbonyl (C=O) groups is 1. The number of likely N-dealkylation sites (N-methyl/N-ethyl adjacent to an activating group) is 2. The molecule has 2 atom stereocenters. The molecule has 0 radical (unpaired) electrons. The Bertz CT molecular complexity index is 213. The molecule has 0 aromatic carbocycles. The molecule has 0 aromatic rings. The third-order valence-corrected chi connectivity index (χ3v) is 2.95. The zero-order valence-electron chi connectivity index (χ0n) is 9.99. The number of halogens is 1. The van der Waals surface area contributed by atoms with E-state index < -0.39 is 0 Å². The quantitative estimate of drug-likeness (QED) is 0.742. The van der Waals surface area contributed by atoms with Gasteiger partial charge in [0, 0.05) is 25.2 Å². The maximum Gasteiger partial charge on any atom is 0.236 e. The summed E-state index contributed by atoms with van der Waals surface area (Å²) >= 11 is 0. The van der Waals surface area contributed by atoms with E-state index in [2.05, 4.69) is 31.1 Å². The van der Waals surface area contributed by atoms with Crippen molar-refractivity contribution in [2.75, 3.05) is 33.7 Å². The molecular formula is C10H22ClN3O. The topological polar surface area (TPSA) is 35.6 Å². The van der Waals surface area contributed by atoms with Crippen molar-refractivity contribution in [2.24, 2.45) is 0 Å². The monoisotopic (exact) mass is 235 g/mol. The molecule has 1 aliphatic rings. The fourth-order valence-corrected chi connectivity index (χ4v) is 1.90. The number of nitrogens with one attached hydrogen (secondary N) is 1. The van der Waals surface area contributed by atoms with Crippen molar-refractivity contribution < 1.29 is 4.79 Å². The van der Waals surface area contributed by atoms with Crippen molar-refractivity contribution in [3.8, 4) is 0 Å². The van der Waals surface area contributed by atoms with Gasteiger partial charge in [-0.3, -0.25) is 9.69 Å². The molecule has 0 aliphatic carbocycles. The summed E-state index contributed by atoms with van der Waals surface area (Å²) in [6.45, 7) is 6.52. The van der Waals surface area contributed by atoms with Crippen molar-refractivity contribution in [2.45, 2.75) is 25.9 Å². The highest BCUT2D eigenvalue weighted by Crippen LogP contribution is 2.12. The van der Waals surface area contributed by atoms with Crippen molar-refractivity contribution >= 4 is 18.3 Å². The number of hydrogen-bond acceptors (Lipinski definition) is 3. The lowest BCUT2D eigenvalue weighted by molar-refractivity contribution is -0.135. The van der Waals surface area contributed by atoms with Gasteiger partial charge in [-0.2, -0.15) is 0 Å². The van der Waals surface area contributed by atoms with Gasteiger partial charge in [0.25, 0.3) is 0 Å². The fourth-order valence-electron chi connectivity index (χ4n) is 1.90. The van der Waals surface area contributed by atoms with Crippen LogP contribution in [0.25, 0.3) is 0 Å². The van der Waals surface area contributed by atoms with Crippen molar-refractivity contribution in [3.05, 3.63) is 0 Å². The fraction of sp³-hybridized carbons (Fsp3) is 0.900. The Morgan fingerprint density at radius 3 is 2.47 bits per heavy atom. The Morgan fingerprint density at radius 2 is 1.93 bits per heavy atom. The van der Waals surface area contributed by atoms with Crippen molar-refractivity contribution in [1.29, 1.82) is 0 Å². The summed E-state index contributed by atoms with van der Waals surface area (Å²) in [6.07, 6.45) is 0. The van der Waals surface area contributed by atoms with E-state index in [1.165, 1.54) is 0 Å². The first-order valence-corrected chi connectivity index (χ1v) is 5.20. The number of carbonyl (C=O) groups excluding carboxylic acids is 1. The summed E-state index contributed by atoms with van der Waals surface area (Å²) in [5.41, 5.74) is 0. The van der Waals surface area contributed by atoms with Crippen LogP contribution < -0.4 is 5.32 Å². The Balaban J connectivity index is 0.00000196. The lowest BCUT2D eigenvalue weighted by Crippen LogP contribution is -2.57. The van der Waals surface area contributed by atoms with Crippen LogP contribution in [-0.2, 0) is 4.79 Å². The maximum atomic E-state index is 11.7. The second kappa shape index (κ2) is 6.30. The molecule has 0 saturated carbocycles. The average Bonchev–Trinajstić information content (AvgIpc) is 2.11. The highest BCUT2D eigenvalue weighted by atomic mass is 35.5. The van der Waals surface area contributed by atoms with Crippen LogP contribution in [-0.4, -0.2) is 61.5 Å². The molecule has 1 aliphatic heterocycles. The first-order chi connectivity index (χ1) is 6.56. The minimum Gasteiger partial charge on any atom is -0.336 e. The molecule has 15 heavy (non-hydrogen) atoms. The molecule has 2 unspecified atom stereocenters. The largest absolute Gasteiger partial charge is 0.336 e. The summed E-state index contributed by atoms with van der Waals surface area (Å²) in [5.74, 6) is 0.208. The molecular weight excluding hydrogens is 214 g/mol. The normalized spacial score (nSPS) is 27.3. The zero-order chi connectivity index (χ0) is 10.7. The van der Waals surface area contributed by atoms with Crippen LogP contribution in [0, 0.1) is 0 Å². The summed E-state index contributed by atoms with van der Waals surface area (Å²) in [6, 6.07) is 0.795. The van der Waals surface area contributed by atoms with E-state index in [0.717, 1.165) is 13.1 Å². The van der Waals surface area contributed by atoms with Gasteiger partial charge in [0.1, 0.15) is 0 Å². The first-order valence-electron chi connectivity index (χ1n) is 5.20. The zero-order valence-corrected chi connectivity index (χ0v) is 10.8. The molecule has 1 saturated heterocycles. The SMILES string of the molecule is CNCC(=O)N1CC(C)N(C)CC1C.Cl. The molecule has 90 valence electrons. The van der Waals surface area contributed by atoms with Gasteiger partial charge < -0.3 is 10.2 Å². The molecule has 5 heteroatoms. The van der Waals surface area contributed by atoms with Crippen LogP contribution in [0.3, 0.4) is 0 Å². The van der Waals surface area contributed by atoms with Crippen LogP contribution in [0.5, 0.6) is 0 Å². The third-order valence-electron chi connectivity index (χ3n) is 2.95. The molecule has 1 rings (SSSR count). The van der Waals surface area contributed by atoms with Crippen LogP contribution in [0.15, 0.2) is 0 Å². The Morgan fingerprint density at radius 1 is 1.33 bits per heavy atom. The predicted octanol–water partition coefficient (Wildman–Crippen LogP) is 0.179. The highest BCUT2D eigenvalue weighted by Gasteiger charge is 2.29. The minimum atomic E-state index is 0. The molecule has 0 spiro atoms. The van der Waals surface area contributed by atoms with Gasteiger partial charge in [0.15, 0.2) is 0 Å². The third kappa shape index (κ3) is 3.63. The standard InChI is InChI=1S/C10H21N3O.ClH/c1-8-7-13(10(14)5-11-3)9(2)6-12(8)4;/h8-9,11H,5-7H2,1-4H3;1H. The molecule has 1 amide bonds. The van der Waals surface area contributed by atoms with E-state index in [9.17, 15) is 4.79 Å². The molecule has 0 bridgehead atoms. The lowest BCUT2D eigenvalue weighted by Gasteiger charge is -2.42. The number of amides is 1. The molecule has 1 heterocycles. The summed E-state index contributed by atoms with van der Waals surface area (Å²) in [5, 5.41) is 2.91. The first kappa shape index (κ1) is 14.7. The smallest absolute Gasteiger partial charge is 0.236 e. The molecule has 1 N–H and O–H groups in total. The van der Waals surface area contributed by atoms with Gasteiger partial charge >= 0.3 is 0 Å². The van der Waals surface area contributed by atoms with Crippen LogP contribution >= 0.6 is 12.4 Å². The summed E-state index contributed by atoms with van der Waals surface area (Å²) in [4.78, 5) is 16.0. The van der Waals surface area contributed by atoms with Gasteiger partial charge in [0.2, 0.25) is 5.91 Å². The summed E-state index contributed by atoms with van der Waals surface area (Å²) < 4.78 is 0. The number of nitrogens with zero attached hydrogens (tertiary/aromatic N) is 2. The van der Waals surface area contributed by atoms with E-state index in [0.29, 0.717) is 18.6 Å². The lowest BCUT2D eigenvalue weighted by atomic mass is 10.1. The number of hydrogen-bond donors (Lipinski definition) is 1. The Hall–Kier alpha value is -0.320. The van der Waals surface area contributed by atoms with Crippen LogP contribution in [0.1, 0.15) is 13.8 Å². The second-order valence-electron chi connectivity index (χ2n) is 4.21. The van der Waals surface area contributed by atoms with Crippen LogP contribution in [0.4, 0.5) is 0 Å².